The van der Waals surface area contributed by atoms with E-state index in [9.17, 15) is 13.6 Å². The van der Waals surface area contributed by atoms with Gasteiger partial charge < -0.3 is 5.73 Å². The summed E-state index contributed by atoms with van der Waals surface area (Å²) in [6.07, 6.45) is -2.11. The predicted octanol–water partition coefficient (Wildman–Crippen LogP) is 1.90. The Balaban J connectivity index is 3.34. The Bertz CT molecular complexity index is 357. The molecule has 2 N–H and O–H groups in total. The van der Waals surface area contributed by atoms with Crippen LogP contribution in [0.15, 0.2) is 6.07 Å². The second-order valence-corrected chi connectivity index (χ2v) is 3.56. The molecule has 1 heterocycles. The van der Waals surface area contributed by atoms with Gasteiger partial charge in [0.25, 0.3) is 6.43 Å². The molecule has 3 nitrogen and oxygen atoms in total. The molecule has 0 amide bonds. The first kappa shape index (κ1) is 11.4. The van der Waals surface area contributed by atoms with Gasteiger partial charge in [-0.1, -0.05) is 0 Å². The summed E-state index contributed by atoms with van der Waals surface area (Å²) >= 11 is 1.67. The van der Waals surface area contributed by atoms with Gasteiger partial charge in [-0.05, 0) is 34.2 Å². The van der Waals surface area contributed by atoms with Gasteiger partial charge in [-0.25, -0.2) is 13.8 Å². The molecule has 1 aromatic rings. The molecular weight excluding hydrogens is 305 g/mol. The molecule has 76 valence electrons. The highest BCUT2D eigenvalue weighted by Crippen LogP contribution is 2.27. The molecule has 0 spiro atoms. The van der Waals surface area contributed by atoms with Crippen LogP contribution in [0.4, 0.5) is 8.78 Å². The number of carbonyl (C=O) groups excluding carboxylic acids is 1. The SMILES string of the molecule is NCc1cc(C=O)nc(I)c1C(F)F. The summed E-state index contributed by atoms with van der Waals surface area (Å²) < 4.78 is 25.2. The number of nitrogens with two attached hydrogens (primary N) is 1. The minimum Gasteiger partial charge on any atom is -0.326 e. The van der Waals surface area contributed by atoms with Gasteiger partial charge in [0, 0.05) is 6.54 Å². The monoisotopic (exact) mass is 312 g/mol. The van der Waals surface area contributed by atoms with Crippen LogP contribution in [0.1, 0.15) is 28.0 Å². The van der Waals surface area contributed by atoms with Crippen molar-refractivity contribution in [3.05, 3.63) is 26.6 Å². The topological polar surface area (TPSA) is 56.0 Å². The largest absolute Gasteiger partial charge is 0.326 e. The van der Waals surface area contributed by atoms with E-state index in [1.165, 1.54) is 6.07 Å². The smallest absolute Gasteiger partial charge is 0.266 e. The molecule has 14 heavy (non-hydrogen) atoms. The summed E-state index contributed by atoms with van der Waals surface area (Å²) in [5, 5.41) is 0. The molecule has 0 atom stereocenters. The van der Waals surface area contributed by atoms with Crippen molar-refractivity contribution in [1.29, 1.82) is 0 Å². The number of halogens is 3. The average Bonchev–Trinajstić information content (AvgIpc) is 2.15. The van der Waals surface area contributed by atoms with Crippen molar-refractivity contribution in [1.82, 2.24) is 4.98 Å². The van der Waals surface area contributed by atoms with Crippen LogP contribution in [0, 0.1) is 3.70 Å². The molecule has 1 aromatic heterocycles. The van der Waals surface area contributed by atoms with Gasteiger partial charge in [0.1, 0.15) is 9.39 Å². The molecule has 0 saturated carbocycles. The van der Waals surface area contributed by atoms with Crippen molar-refractivity contribution in [2.75, 3.05) is 0 Å². The van der Waals surface area contributed by atoms with Crippen LogP contribution < -0.4 is 5.73 Å². The highest BCUT2D eigenvalue weighted by molar-refractivity contribution is 14.1. The fourth-order valence-electron chi connectivity index (χ4n) is 1.05. The number of carbonyl (C=O) groups is 1. The molecule has 0 aliphatic heterocycles. The lowest BCUT2D eigenvalue weighted by Gasteiger charge is -2.09. The van der Waals surface area contributed by atoms with Crippen LogP contribution in [-0.2, 0) is 6.54 Å². The first-order valence-electron chi connectivity index (χ1n) is 3.72. The quantitative estimate of drug-likeness (QED) is 0.527. The molecule has 0 radical (unpaired) electrons. The first-order valence-corrected chi connectivity index (χ1v) is 4.80. The molecule has 6 heteroatoms. The normalized spacial score (nSPS) is 10.6. The van der Waals surface area contributed by atoms with E-state index in [1.54, 1.807) is 22.6 Å². The Kier molecular flexibility index (Phi) is 3.87. The van der Waals surface area contributed by atoms with E-state index in [0.29, 0.717) is 6.29 Å². The fourth-order valence-corrected chi connectivity index (χ4v) is 1.91. The lowest BCUT2D eigenvalue weighted by atomic mass is 10.1. The lowest BCUT2D eigenvalue weighted by molar-refractivity contribution is 0.111. The van der Waals surface area contributed by atoms with E-state index in [2.05, 4.69) is 4.98 Å². The van der Waals surface area contributed by atoms with Crippen molar-refractivity contribution in [3.63, 3.8) is 0 Å². The maximum atomic E-state index is 12.5. The first-order chi connectivity index (χ1) is 6.60. The number of hydrogen-bond acceptors (Lipinski definition) is 3. The number of alkyl halides is 2. The number of rotatable bonds is 3. The number of aldehydes is 1. The maximum Gasteiger partial charge on any atom is 0.266 e. The summed E-state index contributed by atoms with van der Waals surface area (Å²) in [4.78, 5) is 14.1. The molecule has 0 aliphatic carbocycles. The second-order valence-electron chi connectivity index (χ2n) is 2.53. The third-order valence-corrected chi connectivity index (χ3v) is 2.50. The minimum absolute atomic E-state index is 0.0287. The maximum absolute atomic E-state index is 12.5. The van der Waals surface area contributed by atoms with E-state index >= 15 is 0 Å². The summed E-state index contributed by atoms with van der Waals surface area (Å²) in [6, 6.07) is 1.29. The van der Waals surface area contributed by atoms with Crippen LogP contribution >= 0.6 is 22.6 Å². The van der Waals surface area contributed by atoms with Gasteiger partial charge in [0.2, 0.25) is 0 Å². The van der Waals surface area contributed by atoms with Crippen LogP contribution in [-0.4, -0.2) is 11.3 Å². The van der Waals surface area contributed by atoms with Crippen molar-refractivity contribution >= 4 is 28.9 Å². The Hall–Kier alpha value is -0.630. The molecule has 0 aromatic carbocycles. The minimum atomic E-state index is -2.62. The molecule has 0 unspecified atom stereocenters. The Morgan fingerprint density at radius 2 is 2.29 bits per heavy atom. The van der Waals surface area contributed by atoms with Gasteiger partial charge in [0.05, 0.1) is 5.56 Å². The summed E-state index contributed by atoms with van der Waals surface area (Å²) in [7, 11) is 0. The molecule has 0 saturated heterocycles. The van der Waals surface area contributed by atoms with Gasteiger partial charge in [0.15, 0.2) is 6.29 Å². The lowest BCUT2D eigenvalue weighted by Crippen LogP contribution is -2.07. The van der Waals surface area contributed by atoms with Crippen LogP contribution in [0.25, 0.3) is 0 Å². The fraction of sp³-hybridized carbons (Fsp3) is 0.250. The van der Waals surface area contributed by atoms with Gasteiger partial charge in [-0.2, -0.15) is 0 Å². The molecule has 0 bridgehead atoms. The Labute approximate surface area is 92.8 Å². The zero-order valence-corrected chi connectivity index (χ0v) is 9.16. The van der Waals surface area contributed by atoms with E-state index in [4.69, 9.17) is 5.73 Å². The van der Waals surface area contributed by atoms with Crippen molar-refractivity contribution < 1.29 is 13.6 Å². The predicted molar refractivity (Wildman–Crippen MR) is 55.2 cm³/mol. The molecule has 0 fully saturated rings. The average molecular weight is 312 g/mol. The van der Waals surface area contributed by atoms with E-state index in [-0.39, 0.29) is 27.1 Å². The van der Waals surface area contributed by atoms with E-state index < -0.39 is 6.43 Å². The van der Waals surface area contributed by atoms with Crippen molar-refractivity contribution in [3.8, 4) is 0 Å². The van der Waals surface area contributed by atoms with E-state index in [0.717, 1.165) is 0 Å². The Morgan fingerprint density at radius 1 is 1.64 bits per heavy atom. The zero-order chi connectivity index (χ0) is 10.7. The number of nitrogens with zero attached hydrogens (tertiary/aromatic N) is 1. The summed E-state index contributed by atoms with van der Waals surface area (Å²) in [5.41, 5.74) is 5.51. The Morgan fingerprint density at radius 3 is 2.71 bits per heavy atom. The molecule has 0 aliphatic rings. The van der Waals surface area contributed by atoms with Gasteiger partial charge in [-0.3, -0.25) is 4.79 Å². The number of aromatic nitrogens is 1. The summed E-state index contributed by atoms with van der Waals surface area (Å²) in [6.45, 7) is -0.0287. The number of pyridine rings is 1. The van der Waals surface area contributed by atoms with Crippen molar-refractivity contribution in [2.45, 2.75) is 13.0 Å². The molecular formula is C8H7F2IN2O. The van der Waals surface area contributed by atoms with Crippen LogP contribution in [0.5, 0.6) is 0 Å². The van der Waals surface area contributed by atoms with Crippen molar-refractivity contribution in [2.24, 2.45) is 5.73 Å². The highest BCUT2D eigenvalue weighted by Gasteiger charge is 2.18. The van der Waals surface area contributed by atoms with Crippen LogP contribution in [0.3, 0.4) is 0 Å². The highest BCUT2D eigenvalue weighted by atomic mass is 127. The summed E-state index contributed by atoms with van der Waals surface area (Å²) in [5.74, 6) is 0. The van der Waals surface area contributed by atoms with Gasteiger partial charge in [-0.15, -0.1) is 0 Å². The number of hydrogen-bond donors (Lipinski definition) is 1. The molecule has 1 rings (SSSR count). The zero-order valence-electron chi connectivity index (χ0n) is 7.01. The van der Waals surface area contributed by atoms with Crippen LogP contribution in [0.2, 0.25) is 0 Å². The second kappa shape index (κ2) is 4.74. The third kappa shape index (κ3) is 2.24. The van der Waals surface area contributed by atoms with E-state index in [1.807, 2.05) is 0 Å². The standard InChI is InChI=1S/C8H7F2IN2O/c9-7(10)6-4(2-12)1-5(3-14)13-8(6)11/h1,3,7H,2,12H2. The third-order valence-electron chi connectivity index (χ3n) is 1.68. The van der Waals surface area contributed by atoms with Gasteiger partial charge >= 0.3 is 0 Å².